The number of hydrogen-bond donors (Lipinski definition) is 3. The smallest absolute Gasteiger partial charge is 0.227 e. The number of hydrogen-bond acceptors (Lipinski definition) is 3. The summed E-state index contributed by atoms with van der Waals surface area (Å²) >= 11 is 0. The van der Waals surface area contributed by atoms with E-state index in [1.54, 1.807) is 24.3 Å². The van der Waals surface area contributed by atoms with Gasteiger partial charge in [-0.25, -0.2) is 0 Å². The highest BCUT2D eigenvalue weighted by molar-refractivity contribution is 5.83. The molecule has 0 saturated heterocycles. The average Bonchev–Trinajstić information content (AvgIpc) is 2.53. The summed E-state index contributed by atoms with van der Waals surface area (Å²) in [6.07, 6.45) is 0. The zero-order valence-corrected chi connectivity index (χ0v) is 11.9. The van der Waals surface area contributed by atoms with Crippen LogP contribution in [0.1, 0.15) is 29.5 Å². The Balaban J connectivity index is 1.96. The Morgan fingerprint density at radius 3 is 2.48 bits per heavy atom. The number of rotatable bonds is 5. The van der Waals surface area contributed by atoms with Gasteiger partial charge in [0.15, 0.2) is 0 Å². The maximum absolute atomic E-state index is 12.1. The Morgan fingerprint density at radius 1 is 1.14 bits per heavy atom. The standard InChI is InChI=1S/C17H19NO3/c1-12(15-5-7-16(20)8-6-15)17(21)18-10-13-3-2-4-14(9-13)11-19/h2-9,12,19-20H,10-11H2,1H3,(H,18,21)/t12-/m1/s1. The Labute approximate surface area is 124 Å². The second kappa shape index (κ2) is 6.90. The van der Waals surface area contributed by atoms with E-state index in [-0.39, 0.29) is 24.2 Å². The highest BCUT2D eigenvalue weighted by atomic mass is 16.3. The molecule has 3 N–H and O–H groups in total. The van der Waals surface area contributed by atoms with Gasteiger partial charge in [-0.3, -0.25) is 4.79 Å². The van der Waals surface area contributed by atoms with Gasteiger partial charge in [0.2, 0.25) is 5.91 Å². The van der Waals surface area contributed by atoms with Crippen molar-refractivity contribution in [1.29, 1.82) is 0 Å². The average molecular weight is 285 g/mol. The van der Waals surface area contributed by atoms with Crippen LogP contribution < -0.4 is 5.32 Å². The van der Waals surface area contributed by atoms with Gasteiger partial charge in [0.05, 0.1) is 12.5 Å². The predicted octanol–water partition coefficient (Wildman–Crippen LogP) is 2.30. The third-order valence-electron chi connectivity index (χ3n) is 3.43. The van der Waals surface area contributed by atoms with Gasteiger partial charge in [-0.15, -0.1) is 0 Å². The molecule has 0 saturated carbocycles. The number of aliphatic hydroxyl groups is 1. The summed E-state index contributed by atoms with van der Waals surface area (Å²) in [6, 6.07) is 14.1. The molecule has 0 aromatic heterocycles. The molecule has 0 fully saturated rings. The molecule has 21 heavy (non-hydrogen) atoms. The van der Waals surface area contributed by atoms with Gasteiger partial charge in [-0.2, -0.15) is 0 Å². The predicted molar refractivity (Wildman–Crippen MR) is 80.7 cm³/mol. The molecule has 0 unspecified atom stereocenters. The molecule has 4 heteroatoms. The van der Waals surface area contributed by atoms with Crippen molar-refractivity contribution in [1.82, 2.24) is 5.32 Å². The quantitative estimate of drug-likeness (QED) is 0.789. The highest BCUT2D eigenvalue weighted by Gasteiger charge is 2.14. The van der Waals surface area contributed by atoms with Gasteiger partial charge in [-0.1, -0.05) is 36.4 Å². The van der Waals surface area contributed by atoms with E-state index < -0.39 is 0 Å². The van der Waals surface area contributed by atoms with Crippen molar-refractivity contribution >= 4 is 5.91 Å². The minimum Gasteiger partial charge on any atom is -0.508 e. The maximum atomic E-state index is 12.1. The molecule has 2 aromatic carbocycles. The number of aliphatic hydroxyl groups excluding tert-OH is 1. The first-order chi connectivity index (χ1) is 10.1. The number of amides is 1. The minimum absolute atomic E-state index is 0.00824. The van der Waals surface area contributed by atoms with E-state index in [2.05, 4.69) is 5.32 Å². The number of aromatic hydroxyl groups is 1. The lowest BCUT2D eigenvalue weighted by Gasteiger charge is -2.13. The molecule has 4 nitrogen and oxygen atoms in total. The van der Waals surface area contributed by atoms with E-state index in [1.165, 1.54) is 0 Å². The molecule has 110 valence electrons. The van der Waals surface area contributed by atoms with Crippen molar-refractivity contribution in [2.45, 2.75) is 26.0 Å². The summed E-state index contributed by atoms with van der Waals surface area (Å²) in [5, 5.41) is 21.2. The lowest BCUT2D eigenvalue weighted by molar-refractivity contribution is -0.122. The van der Waals surface area contributed by atoms with Crippen LogP contribution in [0.5, 0.6) is 5.75 Å². The van der Waals surface area contributed by atoms with Crippen LogP contribution in [0.15, 0.2) is 48.5 Å². The third kappa shape index (κ3) is 4.07. The summed E-state index contributed by atoms with van der Waals surface area (Å²) in [6.45, 7) is 2.24. The van der Waals surface area contributed by atoms with Crippen LogP contribution in [0.4, 0.5) is 0 Å². The fraction of sp³-hybridized carbons (Fsp3) is 0.235. The van der Waals surface area contributed by atoms with Crippen LogP contribution in [-0.2, 0) is 17.9 Å². The number of carbonyl (C=O) groups is 1. The van der Waals surface area contributed by atoms with Gasteiger partial charge in [0.1, 0.15) is 5.75 Å². The van der Waals surface area contributed by atoms with Crippen molar-refractivity contribution in [3.05, 3.63) is 65.2 Å². The number of carbonyl (C=O) groups excluding carboxylic acids is 1. The van der Waals surface area contributed by atoms with Gasteiger partial charge in [0.25, 0.3) is 0 Å². The third-order valence-corrected chi connectivity index (χ3v) is 3.43. The Kier molecular flexibility index (Phi) is 4.95. The maximum Gasteiger partial charge on any atom is 0.227 e. The first-order valence-corrected chi connectivity index (χ1v) is 6.85. The largest absolute Gasteiger partial charge is 0.508 e. The van der Waals surface area contributed by atoms with Crippen molar-refractivity contribution in [2.24, 2.45) is 0 Å². The molecule has 2 aromatic rings. The molecular weight excluding hydrogens is 266 g/mol. The molecular formula is C17H19NO3. The SMILES string of the molecule is C[C@@H](C(=O)NCc1cccc(CO)c1)c1ccc(O)cc1. The second-order valence-corrected chi connectivity index (χ2v) is 5.01. The molecule has 0 aliphatic carbocycles. The molecule has 0 aliphatic rings. The lowest BCUT2D eigenvalue weighted by atomic mass is 10.00. The monoisotopic (exact) mass is 285 g/mol. The zero-order valence-electron chi connectivity index (χ0n) is 11.9. The molecule has 0 spiro atoms. The van der Waals surface area contributed by atoms with Crippen molar-refractivity contribution in [3.8, 4) is 5.75 Å². The van der Waals surface area contributed by atoms with Crippen LogP contribution in [-0.4, -0.2) is 16.1 Å². The topological polar surface area (TPSA) is 69.6 Å². The van der Waals surface area contributed by atoms with Crippen LogP contribution in [0, 0.1) is 0 Å². The van der Waals surface area contributed by atoms with Crippen LogP contribution in [0.2, 0.25) is 0 Å². The van der Waals surface area contributed by atoms with Crippen LogP contribution in [0.3, 0.4) is 0 Å². The van der Waals surface area contributed by atoms with Crippen molar-refractivity contribution in [3.63, 3.8) is 0 Å². The molecule has 0 heterocycles. The summed E-state index contributed by atoms with van der Waals surface area (Å²) in [5.74, 6) is -0.172. The fourth-order valence-electron chi connectivity index (χ4n) is 2.09. The minimum atomic E-state index is -0.286. The molecule has 1 amide bonds. The number of phenols is 1. The normalized spacial score (nSPS) is 11.9. The zero-order chi connectivity index (χ0) is 15.2. The van der Waals surface area contributed by atoms with E-state index >= 15 is 0 Å². The first kappa shape index (κ1) is 15.1. The Morgan fingerprint density at radius 2 is 1.81 bits per heavy atom. The summed E-state index contributed by atoms with van der Waals surface area (Å²) in [4.78, 5) is 12.1. The Hall–Kier alpha value is -2.33. The molecule has 0 radical (unpaired) electrons. The van der Waals surface area contributed by atoms with E-state index in [0.29, 0.717) is 6.54 Å². The Bertz CT molecular complexity index is 608. The van der Waals surface area contributed by atoms with Gasteiger partial charge >= 0.3 is 0 Å². The summed E-state index contributed by atoms with van der Waals surface area (Å²) in [5.41, 5.74) is 2.63. The highest BCUT2D eigenvalue weighted by Crippen LogP contribution is 2.18. The van der Waals surface area contributed by atoms with Gasteiger partial charge in [0, 0.05) is 6.54 Å². The van der Waals surface area contributed by atoms with Crippen LogP contribution >= 0.6 is 0 Å². The number of phenolic OH excluding ortho intramolecular Hbond substituents is 1. The molecule has 1 atom stereocenters. The van der Waals surface area contributed by atoms with E-state index in [0.717, 1.165) is 16.7 Å². The van der Waals surface area contributed by atoms with E-state index in [4.69, 9.17) is 5.11 Å². The lowest BCUT2D eigenvalue weighted by Crippen LogP contribution is -2.27. The number of benzene rings is 2. The summed E-state index contributed by atoms with van der Waals surface area (Å²) in [7, 11) is 0. The summed E-state index contributed by atoms with van der Waals surface area (Å²) < 4.78 is 0. The first-order valence-electron chi connectivity index (χ1n) is 6.85. The van der Waals surface area contributed by atoms with Crippen molar-refractivity contribution in [2.75, 3.05) is 0 Å². The van der Waals surface area contributed by atoms with E-state index in [9.17, 15) is 9.90 Å². The fourth-order valence-corrected chi connectivity index (χ4v) is 2.09. The second-order valence-electron chi connectivity index (χ2n) is 5.01. The molecule has 0 aliphatic heterocycles. The van der Waals surface area contributed by atoms with Gasteiger partial charge in [-0.05, 0) is 35.7 Å². The molecule has 2 rings (SSSR count). The van der Waals surface area contributed by atoms with E-state index in [1.807, 2.05) is 31.2 Å². The van der Waals surface area contributed by atoms with Crippen molar-refractivity contribution < 1.29 is 15.0 Å². The van der Waals surface area contributed by atoms with Crippen LogP contribution in [0.25, 0.3) is 0 Å². The number of nitrogens with one attached hydrogen (secondary N) is 1. The molecule has 0 bridgehead atoms. The van der Waals surface area contributed by atoms with Gasteiger partial charge < -0.3 is 15.5 Å².